The Kier molecular flexibility index (Phi) is 4.71. The first-order valence-corrected chi connectivity index (χ1v) is 8.32. The molecule has 9 heteroatoms. The van der Waals surface area contributed by atoms with Gasteiger partial charge in [-0.3, -0.25) is 9.48 Å². The summed E-state index contributed by atoms with van der Waals surface area (Å²) in [6.45, 7) is 0.645. The van der Waals surface area contributed by atoms with Crippen molar-refractivity contribution >= 4 is 21.8 Å². The van der Waals surface area contributed by atoms with Crippen LogP contribution in [0.3, 0.4) is 0 Å². The molecule has 3 rings (SSSR count). The number of halogens is 4. The van der Waals surface area contributed by atoms with Gasteiger partial charge in [0.1, 0.15) is 0 Å². The van der Waals surface area contributed by atoms with Crippen molar-refractivity contribution in [2.45, 2.75) is 37.9 Å². The van der Waals surface area contributed by atoms with E-state index in [1.807, 2.05) is 0 Å². The summed E-state index contributed by atoms with van der Waals surface area (Å²) in [5.41, 5.74) is -0.225. The summed E-state index contributed by atoms with van der Waals surface area (Å²) in [7, 11) is 0. The third kappa shape index (κ3) is 4.00. The molecule has 1 amide bonds. The summed E-state index contributed by atoms with van der Waals surface area (Å²) < 4.78 is 45.4. The SMILES string of the molecule is O=C(NCCCn1nc(C(F)(F)F)cc1C1CC1)c1ccc(Br)o1. The van der Waals surface area contributed by atoms with Gasteiger partial charge in [0.2, 0.25) is 0 Å². The van der Waals surface area contributed by atoms with E-state index in [9.17, 15) is 18.0 Å². The molecule has 1 aliphatic rings. The van der Waals surface area contributed by atoms with Crippen LogP contribution in [0.2, 0.25) is 0 Å². The molecule has 0 radical (unpaired) electrons. The summed E-state index contributed by atoms with van der Waals surface area (Å²) in [5, 5.41) is 6.34. The van der Waals surface area contributed by atoms with E-state index in [1.54, 1.807) is 6.07 Å². The zero-order chi connectivity index (χ0) is 17.3. The van der Waals surface area contributed by atoms with E-state index in [4.69, 9.17) is 4.42 Å². The highest BCUT2D eigenvalue weighted by atomic mass is 79.9. The van der Waals surface area contributed by atoms with Crippen molar-refractivity contribution in [2.24, 2.45) is 0 Å². The van der Waals surface area contributed by atoms with Crippen molar-refractivity contribution in [1.29, 1.82) is 0 Å². The van der Waals surface area contributed by atoms with E-state index in [-0.39, 0.29) is 17.6 Å². The van der Waals surface area contributed by atoms with E-state index in [1.165, 1.54) is 10.7 Å². The summed E-state index contributed by atoms with van der Waals surface area (Å²) >= 11 is 3.11. The molecule has 0 unspecified atom stereocenters. The Morgan fingerprint density at radius 1 is 1.42 bits per heavy atom. The maximum atomic E-state index is 12.8. The maximum absolute atomic E-state index is 12.8. The second-order valence-corrected chi connectivity index (χ2v) is 6.44. The first-order valence-electron chi connectivity index (χ1n) is 7.53. The monoisotopic (exact) mass is 405 g/mol. The molecule has 0 saturated heterocycles. The number of aryl methyl sites for hydroxylation is 1. The van der Waals surface area contributed by atoms with Crippen LogP contribution in [0.25, 0.3) is 0 Å². The number of rotatable bonds is 6. The lowest BCUT2D eigenvalue weighted by atomic mass is 10.2. The standard InChI is InChI=1S/C15H15BrF3N3O2/c16-13-5-4-11(24-13)14(23)20-6-1-7-22-10(9-2-3-9)8-12(21-22)15(17,18)19/h4-5,8-9H,1-3,6-7H2,(H,20,23). The number of amides is 1. The summed E-state index contributed by atoms with van der Waals surface area (Å²) in [5.74, 6) is -0.0118. The quantitative estimate of drug-likeness (QED) is 0.740. The van der Waals surface area contributed by atoms with E-state index in [0.717, 1.165) is 18.9 Å². The molecule has 0 aliphatic heterocycles. The Balaban J connectivity index is 1.55. The normalized spacial score (nSPS) is 14.8. The third-order valence-corrected chi connectivity index (χ3v) is 4.15. The second kappa shape index (κ2) is 6.62. The minimum Gasteiger partial charge on any atom is -0.444 e. The number of alkyl halides is 3. The van der Waals surface area contributed by atoms with E-state index >= 15 is 0 Å². The molecule has 2 aromatic rings. The molecule has 1 aliphatic carbocycles. The van der Waals surface area contributed by atoms with Gasteiger partial charge in [-0.1, -0.05) is 0 Å². The molecule has 1 fully saturated rings. The summed E-state index contributed by atoms with van der Waals surface area (Å²) in [6.07, 6.45) is -2.16. The summed E-state index contributed by atoms with van der Waals surface area (Å²) in [4.78, 5) is 11.8. The molecule has 2 aromatic heterocycles. The van der Waals surface area contributed by atoms with Crippen LogP contribution in [0.15, 0.2) is 27.3 Å². The number of hydrogen-bond acceptors (Lipinski definition) is 3. The van der Waals surface area contributed by atoms with Gasteiger partial charge >= 0.3 is 6.18 Å². The predicted octanol–water partition coefficient (Wildman–Crippen LogP) is 3.95. The predicted molar refractivity (Wildman–Crippen MR) is 82.6 cm³/mol. The molecule has 1 saturated carbocycles. The van der Waals surface area contributed by atoms with Crippen LogP contribution in [-0.2, 0) is 12.7 Å². The second-order valence-electron chi connectivity index (χ2n) is 5.66. The zero-order valence-electron chi connectivity index (χ0n) is 12.6. The van der Waals surface area contributed by atoms with Gasteiger partial charge in [-0.2, -0.15) is 18.3 Å². The van der Waals surface area contributed by atoms with Crippen molar-refractivity contribution in [3.63, 3.8) is 0 Å². The Morgan fingerprint density at radius 2 is 2.17 bits per heavy atom. The molecule has 5 nitrogen and oxygen atoms in total. The van der Waals surface area contributed by atoms with Crippen LogP contribution >= 0.6 is 15.9 Å². The molecule has 130 valence electrons. The number of carbonyl (C=O) groups excluding carboxylic acids is 1. The average molecular weight is 406 g/mol. The fraction of sp³-hybridized carbons (Fsp3) is 0.467. The van der Waals surface area contributed by atoms with Crippen LogP contribution in [-0.4, -0.2) is 22.2 Å². The van der Waals surface area contributed by atoms with E-state index in [0.29, 0.717) is 29.9 Å². The van der Waals surface area contributed by atoms with Crippen LogP contribution in [0, 0.1) is 0 Å². The van der Waals surface area contributed by atoms with Gasteiger partial charge in [-0.15, -0.1) is 0 Å². The molecule has 2 heterocycles. The van der Waals surface area contributed by atoms with Crippen molar-refractivity contribution in [3.05, 3.63) is 40.0 Å². The smallest absolute Gasteiger partial charge is 0.435 e. The van der Waals surface area contributed by atoms with E-state index < -0.39 is 11.9 Å². The number of nitrogens with zero attached hydrogens (tertiary/aromatic N) is 2. The minimum atomic E-state index is -4.43. The molecule has 0 bridgehead atoms. The number of carbonyl (C=O) groups is 1. The van der Waals surface area contributed by atoms with Crippen molar-refractivity contribution < 1.29 is 22.4 Å². The largest absolute Gasteiger partial charge is 0.444 e. The molecule has 0 atom stereocenters. The fourth-order valence-corrected chi connectivity index (χ4v) is 2.72. The lowest BCUT2D eigenvalue weighted by Crippen LogP contribution is -2.25. The van der Waals surface area contributed by atoms with Gasteiger partial charge in [0.15, 0.2) is 16.1 Å². The Bertz CT molecular complexity index is 735. The lowest BCUT2D eigenvalue weighted by molar-refractivity contribution is -0.141. The lowest BCUT2D eigenvalue weighted by Gasteiger charge is -2.07. The highest BCUT2D eigenvalue weighted by molar-refractivity contribution is 9.10. The molecule has 1 N–H and O–H groups in total. The van der Waals surface area contributed by atoms with Gasteiger partial charge in [0, 0.05) is 24.7 Å². The fourth-order valence-electron chi connectivity index (χ4n) is 2.41. The molecular weight excluding hydrogens is 391 g/mol. The van der Waals surface area contributed by atoms with E-state index in [2.05, 4.69) is 26.3 Å². The summed E-state index contributed by atoms with van der Waals surface area (Å²) in [6, 6.07) is 4.28. The molecule has 0 aromatic carbocycles. The highest BCUT2D eigenvalue weighted by Crippen LogP contribution is 2.42. The van der Waals surface area contributed by atoms with Crippen LogP contribution in [0.5, 0.6) is 0 Å². The van der Waals surface area contributed by atoms with Gasteiger partial charge in [-0.05, 0) is 53.4 Å². The number of furan rings is 1. The Morgan fingerprint density at radius 3 is 2.75 bits per heavy atom. The number of nitrogens with one attached hydrogen (secondary N) is 1. The molecule has 0 spiro atoms. The van der Waals surface area contributed by atoms with Crippen LogP contribution in [0.1, 0.15) is 47.1 Å². The van der Waals surface area contributed by atoms with Crippen LogP contribution in [0.4, 0.5) is 13.2 Å². The topological polar surface area (TPSA) is 60.1 Å². The maximum Gasteiger partial charge on any atom is 0.435 e. The van der Waals surface area contributed by atoms with Crippen molar-refractivity contribution in [3.8, 4) is 0 Å². The van der Waals surface area contributed by atoms with Gasteiger partial charge in [-0.25, -0.2) is 0 Å². The molecule has 24 heavy (non-hydrogen) atoms. The first-order chi connectivity index (χ1) is 11.3. The van der Waals surface area contributed by atoms with Crippen LogP contribution < -0.4 is 5.32 Å². The van der Waals surface area contributed by atoms with Crippen molar-refractivity contribution in [2.75, 3.05) is 6.54 Å². The molecular formula is C15H15BrF3N3O2. The zero-order valence-corrected chi connectivity index (χ0v) is 14.2. The Labute approximate surface area is 144 Å². The van der Waals surface area contributed by atoms with Gasteiger partial charge < -0.3 is 9.73 Å². The third-order valence-electron chi connectivity index (χ3n) is 3.73. The Hall–Kier alpha value is -1.77. The number of aromatic nitrogens is 2. The van der Waals surface area contributed by atoms with Gasteiger partial charge in [0.25, 0.3) is 5.91 Å². The van der Waals surface area contributed by atoms with Gasteiger partial charge in [0.05, 0.1) is 0 Å². The average Bonchev–Trinajstić information content (AvgIpc) is 3.10. The number of hydrogen-bond donors (Lipinski definition) is 1. The first kappa shape index (κ1) is 17.1. The highest BCUT2D eigenvalue weighted by Gasteiger charge is 2.37. The van der Waals surface area contributed by atoms with Crippen molar-refractivity contribution in [1.82, 2.24) is 15.1 Å². The minimum absolute atomic E-state index is 0.170.